The van der Waals surface area contributed by atoms with Crippen molar-refractivity contribution in [1.29, 1.82) is 0 Å². The number of carbonyl (C=O) groups is 1. The van der Waals surface area contributed by atoms with Crippen molar-refractivity contribution in [2.24, 2.45) is 5.10 Å². The topological polar surface area (TPSA) is 54.4 Å². The molecule has 2 heterocycles. The summed E-state index contributed by atoms with van der Waals surface area (Å²) in [5.74, 6) is -0.215. The second kappa shape index (κ2) is 6.80. The molecule has 0 spiro atoms. The van der Waals surface area contributed by atoms with Gasteiger partial charge in [0.05, 0.1) is 10.6 Å². The van der Waals surface area contributed by atoms with Crippen molar-refractivity contribution in [3.63, 3.8) is 0 Å². The highest BCUT2D eigenvalue weighted by atomic mass is 32.1. The summed E-state index contributed by atoms with van der Waals surface area (Å²) in [6.07, 6.45) is 5.01. The fourth-order valence-electron chi connectivity index (χ4n) is 1.60. The highest BCUT2D eigenvalue weighted by molar-refractivity contribution is 7.12. The molecule has 0 saturated carbocycles. The van der Waals surface area contributed by atoms with E-state index in [0.717, 1.165) is 23.4 Å². The third-order valence-electron chi connectivity index (χ3n) is 2.53. The fourth-order valence-corrected chi connectivity index (χ4v) is 2.34. The molecular weight excluding hydrogens is 258 g/mol. The van der Waals surface area contributed by atoms with Gasteiger partial charge in [-0.1, -0.05) is 19.4 Å². The number of hydrogen-bond donors (Lipinski definition) is 1. The van der Waals surface area contributed by atoms with E-state index in [0.29, 0.717) is 5.56 Å². The molecule has 0 radical (unpaired) electrons. The van der Waals surface area contributed by atoms with Gasteiger partial charge in [0.25, 0.3) is 5.91 Å². The molecule has 0 aliphatic carbocycles. The van der Waals surface area contributed by atoms with Crippen LogP contribution in [0, 0.1) is 0 Å². The van der Waals surface area contributed by atoms with Crippen molar-refractivity contribution in [1.82, 2.24) is 10.4 Å². The van der Waals surface area contributed by atoms with Gasteiger partial charge in [0.1, 0.15) is 0 Å². The maximum atomic E-state index is 11.9. The quantitative estimate of drug-likeness (QED) is 0.672. The molecule has 0 aliphatic heterocycles. The molecular formula is C14H15N3OS. The summed E-state index contributed by atoms with van der Waals surface area (Å²) in [5.41, 5.74) is 4.07. The lowest BCUT2D eigenvalue weighted by Crippen LogP contribution is -2.19. The van der Waals surface area contributed by atoms with Crippen molar-refractivity contribution in [3.8, 4) is 0 Å². The molecule has 4 nitrogen and oxygen atoms in total. The monoisotopic (exact) mass is 273 g/mol. The Hall–Kier alpha value is -2.01. The van der Waals surface area contributed by atoms with Crippen LogP contribution in [0.25, 0.3) is 0 Å². The molecule has 0 unspecified atom stereocenters. The summed E-state index contributed by atoms with van der Waals surface area (Å²) >= 11 is 1.63. The van der Waals surface area contributed by atoms with E-state index in [-0.39, 0.29) is 5.91 Å². The predicted molar refractivity (Wildman–Crippen MR) is 77.5 cm³/mol. The maximum Gasteiger partial charge on any atom is 0.271 e. The van der Waals surface area contributed by atoms with Crippen LogP contribution < -0.4 is 5.43 Å². The molecule has 0 fully saturated rings. The summed E-state index contributed by atoms with van der Waals surface area (Å²) in [5, 5.41) is 6.24. The number of hydrogen-bond acceptors (Lipinski definition) is 4. The molecule has 1 amide bonds. The molecule has 0 atom stereocenters. The van der Waals surface area contributed by atoms with E-state index in [2.05, 4.69) is 22.4 Å². The van der Waals surface area contributed by atoms with Crippen LogP contribution in [0.5, 0.6) is 0 Å². The predicted octanol–water partition coefficient (Wildman–Crippen LogP) is 3.08. The number of rotatable bonds is 5. The summed E-state index contributed by atoms with van der Waals surface area (Å²) in [4.78, 5) is 16.9. The fraction of sp³-hybridized carbons (Fsp3) is 0.214. The lowest BCUT2D eigenvalue weighted by atomic mass is 10.2. The Morgan fingerprint density at radius 1 is 1.37 bits per heavy atom. The van der Waals surface area contributed by atoms with E-state index in [4.69, 9.17) is 0 Å². The van der Waals surface area contributed by atoms with Gasteiger partial charge in [-0.05, 0) is 30.0 Å². The van der Waals surface area contributed by atoms with Crippen LogP contribution in [0.1, 0.15) is 35.0 Å². The maximum absolute atomic E-state index is 11.9. The van der Waals surface area contributed by atoms with Crippen molar-refractivity contribution < 1.29 is 4.79 Å². The first-order valence-corrected chi connectivity index (χ1v) is 7.00. The zero-order valence-electron chi connectivity index (χ0n) is 10.7. The van der Waals surface area contributed by atoms with Gasteiger partial charge >= 0.3 is 0 Å². The van der Waals surface area contributed by atoms with E-state index in [9.17, 15) is 4.79 Å². The number of nitrogens with zero attached hydrogens (tertiary/aromatic N) is 2. The first-order chi connectivity index (χ1) is 9.31. The van der Waals surface area contributed by atoms with Crippen LogP contribution in [0.4, 0.5) is 0 Å². The number of amides is 1. The highest BCUT2D eigenvalue weighted by Crippen LogP contribution is 2.13. The molecule has 5 heteroatoms. The first kappa shape index (κ1) is 13.4. The van der Waals surface area contributed by atoms with Gasteiger partial charge in [0, 0.05) is 18.0 Å². The molecule has 0 saturated heterocycles. The lowest BCUT2D eigenvalue weighted by molar-refractivity contribution is 0.0954. The second-order valence-electron chi connectivity index (χ2n) is 3.96. The number of carbonyl (C=O) groups excluding carboxylic acids is 1. The Bertz CT molecular complexity index is 549. The van der Waals surface area contributed by atoms with Crippen LogP contribution in [-0.2, 0) is 0 Å². The molecule has 2 aromatic heterocycles. The summed E-state index contributed by atoms with van der Waals surface area (Å²) in [6, 6.07) is 7.32. The van der Waals surface area contributed by atoms with Crippen LogP contribution in [-0.4, -0.2) is 16.6 Å². The normalized spacial score (nSPS) is 11.3. The minimum atomic E-state index is -0.215. The van der Waals surface area contributed by atoms with E-state index >= 15 is 0 Å². The van der Waals surface area contributed by atoms with Gasteiger partial charge < -0.3 is 0 Å². The Morgan fingerprint density at radius 3 is 2.79 bits per heavy atom. The molecule has 2 aromatic rings. The minimum Gasteiger partial charge on any atom is -0.267 e. The zero-order chi connectivity index (χ0) is 13.5. The molecule has 19 heavy (non-hydrogen) atoms. The van der Waals surface area contributed by atoms with E-state index in [1.54, 1.807) is 35.9 Å². The summed E-state index contributed by atoms with van der Waals surface area (Å²) < 4.78 is 0. The van der Waals surface area contributed by atoms with Crippen molar-refractivity contribution in [2.45, 2.75) is 19.8 Å². The number of aromatic nitrogens is 1. The van der Waals surface area contributed by atoms with Crippen LogP contribution >= 0.6 is 11.3 Å². The molecule has 1 N–H and O–H groups in total. The van der Waals surface area contributed by atoms with E-state index < -0.39 is 0 Å². The molecule has 0 aliphatic rings. The third-order valence-corrected chi connectivity index (χ3v) is 3.45. The Labute approximate surface area is 116 Å². The van der Waals surface area contributed by atoms with Gasteiger partial charge in [-0.25, -0.2) is 5.43 Å². The van der Waals surface area contributed by atoms with Gasteiger partial charge in [-0.2, -0.15) is 5.10 Å². The average Bonchev–Trinajstić information content (AvgIpc) is 2.98. The van der Waals surface area contributed by atoms with Gasteiger partial charge in [-0.15, -0.1) is 11.3 Å². The average molecular weight is 273 g/mol. The van der Waals surface area contributed by atoms with Gasteiger partial charge in [0.2, 0.25) is 0 Å². The SMILES string of the molecule is CCCC(=NNC(=O)c1ccncc1)c1cccs1. The lowest BCUT2D eigenvalue weighted by Gasteiger charge is -2.04. The number of pyridine rings is 1. The number of nitrogens with one attached hydrogen (secondary N) is 1. The van der Waals surface area contributed by atoms with E-state index in [1.807, 2.05) is 17.5 Å². The van der Waals surface area contributed by atoms with Crippen molar-refractivity contribution in [3.05, 3.63) is 52.5 Å². The summed E-state index contributed by atoms with van der Waals surface area (Å²) in [7, 11) is 0. The molecule has 0 aromatic carbocycles. The largest absolute Gasteiger partial charge is 0.271 e. The van der Waals surface area contributed by atoms with Crippen LogP contribution in [0.2, 0.25) is 0 Å². The molecule has 2 rings (SSSR count). The molecule has 98 valence electrons. The van der Waals surface area contributed by atoms with Gasteiger partial charge in [-0.3, -0.25) is 9.78 Å². The second-order valence-corrected chi connectivity index (χ2v) is 4.91. The Kier molecular flexibility index (Phi) is 4.80. The highest BCUT2D eigenvalue weighted by Gasteiger charge is 2.07. The van der Waals surface area contributed by atoms with E-state index in [1.165, 1.54) is 0 Å². The van der Waals surface area contributed by atoms with Crippen molar-refractivity contribution >= 4 is 23.0 Å². The minimum absolute atomic E-state index is 0.215. The molecule has 0 bridgehead atoms. The first-order valence-electron chi connectivity index (χ1n) is 6.12. The summed E-state index contributed by atoms with van der Waals surface area (Å²) in [6.45, 7) is 2.09. The number of thiophene rings is 1. The Morgan fingerprint density at radius 2 is 2.16 bits per heavy atom. The van der Waals surface area contributed by atoms with Crippen molar-refractivity contribution in [2.75, 3.05) is 0 Å². The Balaban J connectivity index is 2.09. The van der Waals surface area contributed by atoms with Gasteiger partial charge in [0.15, 0.2) is 0 Å². The third kappa shape index (κ3) is 3.72. The van der Waals surface area contributed by atoms with Crippen LogP contribution in [0.15, 0.2) is 47.1 Å². The zero-order valence-corrected chi connectivity index (χ0v) is 11.5. The smallest absolute Gasteiger partial charge is 0.267 e. The standard InChI is InChI=1S/C14H15N3OS/c1-2-4-12(13-5-3-10-19-13)16-17-14(18)11-6-8-15-9-7-11/h3,5-10H,2,4H2,1H3,(H,17,18). The van der Waals surface area contributed by atoms with Crippen LogP contribution in [0.3, 0.4) is 0 Å². The number of hydrazone groups is 1.